The maximum atomic E-state index is 9.54. The summed E-state index contributed by atoms with van der Waals surface area (Å²) in [7, 11) is 0. The predicted octanol–water partition coefficient (Wildman–Crippen LogP) is 1.82. The van der Waals surface area contributed by atoms with Gasteiger partial charge in [-0.1, -0.05) is 30.3 Å². The molecular weight excluding hydrogens is 186 g/mol. The van der Waals surface area contributed by atoms with Gasteiger partial charge in [-0.25, -0.2) is 0 Å². The molecular formula is C13H19NO. The lowest BCUT2D eigenvalue weighted by Crippen LogP contribution is -2.40. The molecule has 0 saturated heterocycles. The molecule has 0 radical (unpaired) electrons. The average Bonchev–Trinajstić information content (AvgIpc) is 2.32. The molecule has 1 aliphatic rings. The fourth-order valence-corrected chi connectivity index (χ4v) is 2.56. The standard InChI is InChI=1S/C13H19NO/c14-10-13(8-6-12(15)7-9-13)11-4-2-1-3-5-11/h1-5,12,15H,6-10,14H2. The van der Waals surface area contributed by atoms with E-state index in [2.05, 4.69) is 24.3 Å². The highest BCUT2D eigenvalue weighted by molar-refractivity contribution is 5.26. The molecule has 2 nitrogen and oxygen atoms in total. The van der Waals surface area contributed by atoms with Crippen LogP contribution in [-0.2, 0) is 5.41 Å². The molecule has 82 valence electrons. The third-order valence-corrected chi connectivity index (χ3v) is 3.69. The molecule has 1 saturated carbocycles. The summed E-state index contributed by atoms with van der Waals surface area (Å²) in [5.41, 5.74) is 7.38. The number of aliphatic hydroxyl groups is 1. The Morgan fingerprint density at radius 3 is 2.33 bits per heavy atom. The van der Waals surface area contributed by atoms with Crippen LogP contribution in [0.1, 0.15) is 31.2 Å². The fraction of sp³-hybridized carbons (Fsp3) is 0.538. The molecule has 15 heavy (non-hydrogen) atoms. The van der Waals surface area contributed by atoms with E-state index in [-0.39, 0.29) is 11.5 Å². The first-order valence-corrected chi connectivity index (χ1v) is 5.70. The third kappa shape index (κ3) is 2.06. The van der Waals surface area contributed by atoms with Gasteiger partial charge in [0.25, 0.3) is 0 Å². The molecule has 1 aromatic rings. The Morgan fingerprint density at radius 1 is 1.20 bits per heavy atom. The normalized spacial score (nSPS) is 31.5. The summed E-state index contributed by atoms with van der Waals surface area (Å²) in [6.45, 7) is 0.684. The van der Waals surface area contributed by atoms with E-state index in [1.54, 1.807) is 0 Å². The van der Waals surface area contributed by atoms with E-state index in [1.165, 1.54) is 5.56 Å². The summed E-state index contributed by atoms with van der Waals surface area (Å²) in [6, 6.07) is 10.5. The first-order valence-electron chi connectivity index (χ1n) is 5.70. The van der Waals surface area contributed by atoms with Gasteiger partial charge in [0.15, 0.2) is 0 Å². The Labute approximate surface area is 91.1 Å². The Morgan fingerprint density at radius 2 is 1.80 bits per heavy atom. The molecule has 1 aliphatic carbocycles. The zero-order valence-corrected chi connectivity index (χ0v) is 9.02. The van der Waals surface area contributed by atoms with E-state index >= 15 is 0 Å². The quantitative estimate of drug-likeness (QED) is 0.773. The highest BCUT2D eigenvalue weighted by Crippen LogP contribution is 2.38. The van der Waals surface area contributed by atoms with Crippen molar-refractivity contribution in [2.75, 3.05) is 6.54 Å². The topological polar surface area (TPSA) is 46.2 Å². The van der Waals surface area contributed by atoms with Gasteiger partial charge in [-0.15, -0.1) is 0 Å². The zero-order chi connectivity index (χ0) is 10.7. The van der Waals surface area contributed by atoms with Crippen LogP contribution in [0.4, 0.5) is 0 Å². The molecule has 3 N–H and O–H groups in total. The molecule has 0 spiro atoms. The minimum atomic E-state index is -0.117. The summed E-state index contributed by atoms with van der Waals surface area (Å²) < 4.78 is 0. The van der Waals surface area contributed by atoms with E-state index in [9.17, 15) is 5.11 Å². The van der Waals surface area contributed by atoms with Crippen molar-refractivity contribution in [2.24, 2.45) is 5.73 Å². The van der Waals surface area contributed by atoms with Crippen molar-refractivity contribution < 1.29 is 5.11 Å². The van der Waals surface area contributed by atoms with E-state index < -0.39 is 0 Å². The van der Waals surface area contributed by atoms with Crippen molar-refractivity contribution in [1.82, 2.24) is 0 Å². The monoisotopic (exact) mass is 205 g/mol. The fourth-order valence-electron chi connectivity index (χ4n) is 2.56. The Bertz CT molecular complexity index is 302. The lowest BCUT2D eigenvalue weighted by Gasteiger charge is -2.38. The van der Waals surface area contributed by atoms with Crippen LogP contribution >= 0.6 is 0 Å². The van der Waals surface area contributed by atoms with Crippen LogP contribution in [-0.4, -0.2) is 17.8 Å². The van der Waals surface area contributed by atoms with Crippen molar-refractivity contribution >= 4 is 0 Å². The Kier molecular flexibility index (Phi) is 3.08. The zero-order valence-electron chi connectivity index (χ0n) is 9.02. The van der Waals surface area contributed by atoms with Crippen LogP contribution < -0.4 is 5.73 Å². The van der Waals surface area contributed by atoms with Crippen molar-refractivity contribution in [2.45, 2.75) is 37.2 Å². The van der Waals surface area contributed by atoms with E-state index in [0.29, 0.717) is 6.54 Å². The largest absolute Gasteiger partial charge is 0.393 e. The number of hydrogen-bond donors (Lipinski definition) is 2. The maximum absolute atomic E-state index is 9.54. The number of nitrogens with two attached hydrogens (primary N) is 1. The summed E-state index contributed by atoms with van der Waals surface area (Å²) in [4.78, 5) is 0. The highest BCUT2D eigenvalue weighted by atomic mass is 16.3. The molecule has 0 aromatic heterocycles. The molecule has 0 atom stereocenters. The Balaban J connectivity index is 2.23. The van der Waals surface area contributed by atoms with Gasteiger partial charge in [-0.05, 0) is 31.2 Å². The molecule has 0 heterocycles. The van der Waals surface area contributed by atoms with Gasteiger partial charge in [-0.3, -0.25) is 0 Å². The second-order valence-corrected chi connectivity index (χ2v) is 4.58. The van der Waals surface area contributed by atoms with Crippen LogP contribution in [0.5, 0.6) is 0 Å². The molecule has 0 amide bonds. The summed E-state index contributed by atoms with van der Waals surface area (Å²) in [5, 5.41) is 9.54. The van der Waals surface area contributed by atoms with E-state index in [1.807, 2.05) is 6.07 Å². The van der Waals surface area contributed by atoms with Crippen LogP contribution in [0.25, 0.3) is 0 Å². The molecule has 0 aliphatic heterocycles. The number of aliphatic hydroxyl groups excluding tert-OH is 1. The molecule has 1 fully saturated rings. The second-order valence-electron chi connectivity index (χ2n) is 4.58. The lowest BCUT2D eigenvalue weighted by molar-refractivity contribution is 0.0974. The van der Waals surface area contributed by atoms with Gasteiger partial charge >= 0.3 is 0 Å². The van der Waals surface area contributed by atoms with Gasteiger partial charge < -0.3 is 10.8 Å². The van der Waals surface area contributed by atoms with Crippen LogP contribution in [0.15, 0.2) is 30.3 Å². The van der Waals surface area contributed by atoms with Gasteiger partial charge in [0.05, 0.1) is 6.10 Å². The van der Waals surface area contributed by atoms with Gasteiger partial charge in [-0.2, -0.15) is 0 Å². The molecule has 2 rings (SSSR count). The van der Waals surface area contributed by atoms with Crippen molar-refractivity contribution in [3.8, 4) is 0 Å². The molecule has 1 aromatic carbocycles. The van der Waals surface area contributed by atoms with Crippen molar-refractivity contribution in [3.05, 3.63) is 35.9 Å². The van der Waals surface area contributed by atoms with Gasteiger partial charge in [0.1, 0.15) is 0 Å². The number of rotatable bonds is 2. The SMILES string of the molecule is NCC1(c2ccccc2)CCC(O)CC1. The minimum absolute atomic E-state index is 0.112. The summed E-state index contributed by atoms with van der Waals surface area (Å²) >= 11 is 0. The smallest absolute Gasteiger partial charge is 0.0541 e. The summed E-state index contributed by atoms with van der Waals surface area (Å²) in [5.74, 6) is 0. The second kappa shape index (κ2) is 4.33. The molecule has 2 heteroatoms. The van der Waals surface area contributed by atoms with Crippen molar-refractivity contribution in [3.63, 3.8) is 0 Å². The van der Waals surface area contributed by atoms with Gasteiger partial charge in [0.2, 0.25) is 0 Å². The van der Waals surface area contributed by atoms with Crippen molar-refractivity contribution in [1.29, 1.82) is 0 Å². The maximum Gasteiger partial charge on any atom is 0.0541 e. The van der Waals surface area contributed by atoms with Gasteiger partial charge in [0, 0.05) is 12.0 Å². The summed E-state index contributed by atoms with van der Waals surface area (Å²) in [6.07, 6.45) is 3.66. The minimum Gasteiger partial charge on any atom is -0.393 e. The van der Waals surface area contributed by atoms with E-state index in [4.69, 9.17) is 5.73 Å². The number of benzene rings is 1. The first kappa shape index (κ1) is 10.7. The predicted molar refractivity (Wildman–Crippen MR) is 61.6 cm³/mol. The molecule has 0 unspecified atom stereocenters. The third-order valence-electron chi connectivity index (χ3n) is 3.69. The van der Waals surface area contributed by atoms with E-state index in [0.717, 1.165) is 25.7 Å². The lowest BCUT2D eigenvalue weighted by atomic mass is 9.69. The van der Waals surface area contributed by atoms with Crippen LogP contribution in [0.2, 0.25) is 0 Å². The highest BCUT2D eigenvalue weighted by Gasteiger charge is 2.34. The van der Waals surface area contributed by atoms with Crippen LogP contribution in [0.3, 0.4) is 0 Å². The molecule has 0 bridgehead atoms. The average molecular weight is 205 g/mol. The Hall–Kier alpha value is -0.860. The number of hydrogen-bond acceptors (Lipinski definition) is 2. The first-order chi connectivity index (χ1) is 7.27. The van der Waals surface area contributed by atoms with Crippen LogP contribution in [0, 0.1) is 0 Å².